The summed E-state index contributed by atoms with van der Waals surface area (Å²) in [4.78, 5) is 0. The fraction of sp³-hybridized carbons (Fsp3) is 0.647. The molecule has 18 heavy (non-hydrogen) atoms. The Kier molecular flexibility index (Phi) is 5.25. The number of rotatable bonds is 6. The molecule has 1 aromatic carbocycles. The van der Waals surface area contributed by atoms with E-state index in [9.17, 15) is 0 Å². The summed E-state index contributed by atoms with van der Waals surface area (Å²) in [6.07, 6.45) is 8.66. The van der Waals surface area contributed by atoms with Crippen LogP contribution in [0, 0.1) is 12.8 Å². The molecule has 1 nitrogen and oxygen atoms in total. The minimum atomic E-state index is 0.481. The lowest BCUT2D eigenvalue weighted by atomic mass is 10.0. The minimum Gasteiger partial charge on any atom is -0.310 e. The van der Waals surface area contributed by atoms with E-state index in [2.05, 4.69) is 43.4 Å². The molecule has 1 unspecified atom stereocenters. The molecule has 1 aromatic rings. The van der Waals surface area contributed by atoms with Gasteiger partial charge < -0.3 is 5.32 Å². The Bertz CT molecular complexity index is 352. The van der Waals surface area contributed by atoms with E-state index in [0.717, 1.165) is 12.5 Å². The van der Waals surface area contributed by atoms with Crippen molar-refractivity contribution in [3.63, 3.8) is 0 Å². The zero-order valence-electron chi connectivity index (χ0n) is 11.9. The van der Waals surface area contributed by atoms with E-state index in [1.165, 1.54) is 49.7 Å². The molecule has 2 rings (SSSR count). The van der Waals surface area contributed by atoms with Gasteiger partial charge in [-0.1, -0.05) is 49.9 Å². The smallest absolute Gasteiger partial charge is 0.0294 e. The van der Waals surface area contributed by atoms with Crippen molar-refractivity contribution in [3.8, 4) is 0 Å². The first kappa shape index (κ1) is 13.6. The van der Waals surface area contributed by atoms with Gasteiger partial charge in [-0.3, -0.25) is 0 Å². The zero-order chi connectivity index (χ0) is 12.8. The van der Waals surface area contributed by atoms with Crippen LogP contribution < -0.4 is 5.32 Å². The Morgan fingerprint density at radius 2 is 1.94 bits per heavy atom. The van der Waals surface area contributed by atoms with Crippen molar-refractivity contribution >= 4 is 0 Å². The Morgan fingerprint density at radius 1 is 1.22 bits per heavy atom. The van der Waals surface area contributed by atoms with Crippen LogP contribution in [-0.4, -0.2) is 6.54 Å². The molecule has 0 saturated heterocycles. The monoisotopic (exact) mass is 245 g/mol. The quantitative estimate of drug-likeness (QED) is 0.721. The fourth-order valence-corrected chi connectivity index (χ4v) is 3.19. The molecular weight excluding hydrogens is 218 g/mol. The van der Waals surface area contributed by atoms with Gasteiger partial charge in [0.25, 0.3) is 0 Å². The van der Waals surface area contributed by atoms with Crippen LogP contribution in [0.25, 0.3) is 0 Å². The Morgan fingerprint density at radius 3 is 2.67 bits per heavy atom. The number of aryl methyl sites for hydroxylation is 1. The topological polar surface area (TPSA) is 12.0 Å². The van der Waals surface area contributed by atoms with Gasteiger partial charge in [-0.15, -0.1) is 0 Å². The average molecular weight is 245 g/mol. The van der Waals surface area contributed by atoms with E-state index >= 15 is 0 Å². The normalized spacial score (nSPS) is 18.1. The summed E-state index contributed by atoms with van der Waals surface area (Å²) in [7, 11) is 0. The first-order valence-electron chi connectivity index (χ1n) is 7.56. The molecule has 0 aromatic heterocycles. The first-order chi connectivity index (χ1) is 8.77. The van der Waals surface area contributed by atoms with Gasteiger partial charge in [0, 0.05) is 6.04 Å². The Hall–Kier alpha value is -0.820. The van der Waals surface area contributed by atoms with Crippen LogP contribution in [0.1, 0.15) is 62.6 Å². The molecule has 0 aliphatic heterocycles. The highest BCUT2D eigenvalue weighted by molar-refractivity contribution is 5.28. The van der Waals surface area contributed by atoms with E-state index < -0.39 is 0 Å². The van der Waals surface area contributed by atoms with E-state index in [1.807, 2.05) is 0 Å². The number of hydrogen-bond donors (Lipinski definition) is 1. The molecule has 1 fully saturated rings. The maximum Gasteiger partial charge on any atom is 0.0294 e. The van der Waals surface area contributed by atoms with Crippen LogP contribution >= 0.6 is 0 Å². The number of benzene rings is 1. The predicted octanol–water partition coefficient (Wildman–Crippen LogP) is 4.62. The molecular formula is C17H27N. The van der Waals surface area contributed by atoms with E-state index in [0.29, 0.717) is 6.04 Å². The SMILES string of the molecule is Cc1ccccc1C(C)NCCCC1CCCC1. The summed E-state index contributed by atoms with van der Waals surface area (Å²) in [6.45, 7) is 5.63. The maximum atomic E-state index is 3.66. The van der Waals surface area contributed by atoms with Gasteiger partial charge in [-0.05, 0) is 50.3 Å². The summed E-state index contributed by atoms with van der Waals surface area (Å²) in [5.74, 6) is 1.03. The van der Waals surface area contributed by atoms with Crippen molar-refractivity contribution in [2.24, 2.45) is 5.92 Å². The first-order valence-corrected chi connectivity index (χ1v) is 7.56. The second-order valence-electron chi connectivity index (χ2n) is 5.83. The molecule has 1 aliphatic carbocycles. The van der Waals surface area contributed by atoms with Crippen LogP contribution in [-0.2, 0) is 0 Å². The molecule has 1 N–H and O–H groups in total. The van der Waals surface area contributed by atoms with Crippen LogP contribution in [0.2, 0.25) is 0 Å². The third kappa shape index (κ3) is 3.84. The van der Waals surface area contributed by atoms with Crippen LogP contribution in [0.15, 0.2) is 24.3 Å². The van der Waals surface area contributed by atoms with Crippen molar-refractivity contribution < 1.29 is 0 Å². The molecule has 0 heterocycles. The average Bonchev–Trinajstić information content (AvgIpc) is 2.88. The molecule has 0 radical (unpaired) electrons. The van der Waals surface area contributed by atoms with Crippen molar-refractivity contribution in [1.82, 2.24) is 5.32 Å². The maximum absolute atomic E-state index is 3.66. The van der Waals surface area contributed by atoms with Crippen molar-refractivity contribution in [1.29, 1.82) is 0 Å². The standard InChI is InChI=1S/C17H27N/c1-14-8-3-6-12-17(14)15(2)18-13-7-11-16-9-4-5-10-16/h3,6,8,12,15-16,18H,4-5,7,9-11,13H2,1-2H3. The molecule has 1 saturated carbocycles. The lowest BCUT2D eigenvalue weighted by molar-refractivity contribution is 0.456. The van der Waals surface area contributed by atoms with Gasteiger partial charge in [0.1, 0.15) is 0 Å². The van der Waals surface area contributed by atoms with Gasteiger partial charge in [-0.25, -0.2) is 0 Å². The van der Waals surface area contributed by atoms with Gasteiger partial charge >= 0.3 is 0 Å². The fourth-order valence-electron chi connectivity index (χ4n) is 3.19. The molecule has 0 amide bonds. The lowest BCUT2D eigenvalue weighted by Gasteiger charge is -2.17. The van der Waals surface area contributed by atoms with Crippen LogP contribution in [0.4, 0.5) is 0 Å². The summed E-state index contributed by atoms with van der Waals surface area (Å²) in [5, 5.41) is 3.66. The number of nitrogens with one attached hydrogen (secondary N) is 1. The molecule has 0 spiro atoms. The second-order valence-corrected chi connectivity index (χ2v) is 5.83. The Labute approximate surface area is 112 Å². The van der Waals surface area contributed by atoms with Gasteiger partial charge in [0.05, 0.1) is 0 Å². The van der Waals surface area contributed by atoms with Crippen molar-refractivity contribution in [3.05, 3.63) is 35.4 Å². The lowest BCUT2D eigenvalue weighted by Crippen LogP contribution is -2.21. The summed E-state index contributed by atoms with van der Waals surface area (Å²) in [6, 6.07) is 9.18. The molecule has 0 bridgehead atoms. The number of hydrogen-bond acceptors (Lipinski definition) is 1. The summed E-state index contributed by atoms with van der Waals surface area (Å²) >= 11 is 0. The van der Waals surface area contributed by atoms with Crippen LogP contribution in [0.5, 0.6) is 0 Å². The van der Waals surface area contributed by atoms with Gasteiger partial charge in [-0.2, -0.15) is 0 Å². The molecule has 100 valence electrons. The van der Waals surface area contributed by atoms with E-state index in [-0.39, 0.29) is 0 Å². The van der Waals surface area contributed by atoms with Crippen molar-refractivity contribution in [2.45, 2.75) is 58.4 Å². The Balaban J connectivity index is 1.68. The summed E-state index contributed by atoms with van der Waals surface area (Å²) < 4.78 is 0. The predicted molar refractivity (Wildman–Crippen MR) is 78.8 cm³/mol. The van der Waals surface area contributed by atoms with Gasteiger partial charge in [0.2, 0.25) is 0 Å². The molecule has 1 atom stereocenters. The molecule has 1 aliphatic rings. The van der Waals surface area contributed by atoms with Crippen molar-refractivity contribution in [2.75, 3.05) is 6.54 Å². The van der Waals surface area contributed by atoms with Crippen LogP contribution in [0.3, 0.4) is 0 Å². The van der Waals surface area contributed by atoms with E-state index in [1.54, 1.807) is 0 Å². The highest BCUT2D eigenvalue weighted by Gasteiger charge is 2.14. The minimum absolute atomic E-state index is 0.481. The van der Waals surface area contributed by atoms with Gasteiger partial charge in [0.15, 0.2) is 0 Å². The second kappa shape index (κ2) is 6.94. The third-order valence-electron chi connectivity index (χ3n) is 4.37. The highest BCUT2D eigenvalue weighted by Crippen LogP contribution is 2.28. The molecule has 1 heteroatoms. The summed E-state index contributed by atoms with van der Waals surface area (Å²) in [5.41, 5.74) is 2.84. The third-order valence-corrected chi connectivity index (χ3v) is 4.37. The zero-order valence-corrected chi connectivity index (χ0v) is 11.9. The highest BCUT2D eigenvalue weighted by atomic mass is 14.9. The van der Waals surface area contributed by atoms with E-state index in [4.69, 9.17) is 0 Å². The largest absolute Gasteiger partial charge is 0.310 e.